The first-order valence-corrected chi connectivity index (χ1v) is 13.2. The molecule has 1 fully saturated rings. The minimum atomic E-state index is -3.90. The summed E-state index contributed by atoms with van der Waals surface area (Å²) < 4.78 is 56.3. The quantitative estimate of drug-likeness (QED) is 0.554. The molecule has 3 rings (SSSR count). The number of hydrogen-bond acceptors (Lipinski definition) is 7. The van der Waals surface area contributed by atoms with E-state index in [1.165, 1.54) is 43.4 Å². The van der Waals surface area contributed by atoms with Crippen LogP contribution in [-0.2, 0) is 19.9 Å². The summed E-state index contributed by atoms with van der Waals surface area (Å²) in [5, 5.41) is 2.98. The van der Waals surface area contributed by atoms with Crippen LogP contribution in [0.15, 0.2) is 53.4 Å². The molecular formula is C21H27N3O6S2. The summed E-state index contributed by atoms with van der Waals surface area (Å²) in [5.74, 6) is -0.0212. The fraction of sp³-hybridized carbons (Fsp3) is 0.381. The number of carbonyl (C=O) groups excluding carboxylic acids is 1. The highest BCUT2D eigenvalue weighted by molar-refractivity contribution is 7.92. The monoisotopic (exact) mass is 481 g/mol. The van der Waals surface area contributed by atoms with Gasteiger partial charge in [0.05, 0.1) is 35.2 Å². The van der Waals surface area contributed by atoms with Gasteiger partial charge in [0.25, 0.3) is 15.9 Å². The Labute approximate surface area is 189 Å². The molecule has 0 unspecified atom stereocenters. The second kappa shape index (κ2) is 9.08. The summed E-state index contributed by atoms with van der Waals surface area (Å²) in [6.45, 7) is 0. The lowest BCUT2D eigenvalue weighted by atomic mass is 10.1. The molecular weight excluding hydrogens is 454 g/mol. The zero-order valence-corrected chi connectivity index (χ0v) is 20.1. The zero-order chi connectivity index (χ0) is 23.7. The van der Waals surface area contributed by atoms with E-state index in [0.717, 1.165) is 4.31 Å². The van der Waals surface area contributed by atoms with Gasteiger partial charge in [0.1, 0.15) is 5.75 Å². The number of carbonyl (C=O) groups is 1. The van der Waals surface area contributed by atoms with E-state index < -0.39 is 25.9 Å². The Kier molecular flexibility index (Phi) is 6.82. The number of sulfonamides is 1. The Hall–Kier alpha value is -2.63. The average molecular weight is 482 g/mol. The van der Waals surface area contributed by atoms with Crippen LogP contribution in [0.2, 0.25) is 0 Å². The number of hydrogen-bond donors (Lipinski definition) is 0. The molecule has 0 spiro atoms. The van der Waals surface area contributed by atoms with Gasteiger partial charge in [0, 0.05) is 26.7 Å². The SMILES string of the molecule is COc1ccccc1N(C)S(=O)(=O)c1ccc(C(=O)N([C@H]2CCS(=O)(=O)C2)N(C)C)cc1. The van der Waals surface area contributed by atoms with E-state index in [0.29, 0.717) is 17.9 Å². The molecule has 0 aromatic heterocycles. The van der Waals surface area contributed by atoms with Gasteiger partial charge in [0.15, 0.2) is 9.84 Å². The number of sulfone groups is 1. The number of anilines is 1. The van der Waals surface area contributed by atoms with Crippen LogP contribution in [0.25, 0.3) is 0 Å². The maximum absolute atomic E-state index is 13.1. The van der Waals surface area contributed by atoms with Gasteiger partial charge in [-0.3, -0.25) is 14.1 Å². The van der Waals surface area contributed by atoms with Crippen molar-refractivity contribution in [3.05, 3.63) is 54.1 Å². The number of nitrogens with zero attached hydrogens (tertiary/aromatic N) is 3. The third-order valence-corrected chi connectivity index (χ3v) is 8.91. The van der Waals surface area contributed by atoms with Crippen molar-refractivity contribution < 1.29 is 26.4 Å². The summed E-state index contributed by atoms with van der Waals surface area (Å²) in [5.41, 5.74) is 0.651. The van der Waals surface area contributed by atoms with Crippen molar-refractivity contribution in [2.45, 2.75) is 17.4 Å². The van der Waals surface area contributed by atoms with Gasteiger partial charge in [-0.25, -0.2) is 21.8 Å². The van der Waals surface area contributed by atoms with Crippen molar-refractivity contribution in [1.82, 2.24) is 10.0 Å². The topological polar surface area (TPSA) is 104 Å². The van der Waals surface area contributed by atoms with Crippen LogP contribution in [0.3, 0.4) is 0 Å². The van der Waals surface area contributed by atoms with Gasteiger partial charge in [-0.05, 0) is 42.8 Å². The van der Waals surface area contributed by atoms with Gasteiger partial charge >= 0.3 is 0 Å². The third-order valence-electron chi connectivity index (χ3n) is 5.38. The summed E-state index contributed by atoms with van der Waals surface area (Å²) in [6.07, 6.45) is 0.364. The fourth-order valence-electron chi connectivity index (χ4n) is 3.72. The van der Waals surface area contributed by atoms with E-state index >= 15 is 0 Å². The van der Waals surface area contributed by atoms with Gasteiger partial charge in [-0.2, -0.15) is 0 Å². The predicted octanol–water partition coefficient (Wildman–Crippen LogP) is 1.63. The van der Waals surface area contributed by atoms with Crippen molar-refractivity contribution >= 4 is 31.5 Å². The second-order valence-corrected chi connectivity index (χ2v) is 11.9. The Bertz CT molecular complexity index is 1190. The number of hydrazine groups is 1. The first-order chi connectivity index (χ1) is 15.0. The number of rotatable bonds is 7. The molecule has 1 atom stereocenters. The molecule has 1 amide bonds. The van der Waals surface area contributed by atoms with E-state index in [2.05, 4.69) is 0 Å². The molecule has 1 heterocycles. The molecule has 1 aliphatic heterocycles. The van der Waals surface area contributed by atoms with Crippen LogP contribution in [0.1, 0.15) is 16.8 Å². The normalized spacial score (nSPS) is 17.8. The van der Waals surface area contributed by atoms with Crippen molar-refractivity contribution in [3.8, 4) is 5.75 Å². The second-order valence-electron chi connectivity index (χ2n) is 7.72. The van der Waals surface area contributed by atoms with E-state index in [1.807, 2.05) is 0 Å². The van der Waals surface area contributed by atoms with Crippen LogP contribution in [0.5, 0.6) is 5.75 Å². The molecule has 0 aliphatic carbocycles. The van der Waals surface area contributed by atoms with Crippen molar-refractivity contribution in [2.24, 2.45) is 0 Å². The molecule has 0 bridgehead atoms. The average Bonchev–Trinajstić information content (AvgIpc) is 3.11. The summed E-state index contributed by atoms with van der Waals surface area (Å²) in [7, 11) is -0.833. The molecule has 32 heavy (non-hydrogen) atoms. The number of amides is 1. The van der Waals surface area contributed by atoms with Crippen LogP contribution in [0.4, 0.5) is 5.69 Å². The van der Waals surface area contributed by atoms with Gasteiger partial charge in [-0.1, -0.05) is 12.1 Å². The maximum atomic E-state index is 13.1. The lowest BCUT2D eigenvalue weighted by Crippen LogP contribution is -2.49. The fourth-order valence-corrected chi connectivity index (χ4v) is 6.62. The van der Waals surface area contributed by atoms with Crippen molar-refractivity contribution in [1.29, 1.82) is 0 Å². The van der Waals surface area contributed by atoms with Crippen LogP contribution >= 0.6 is 0 Å². The maximum Gasteiger partial charge on any atom is 0.268 e. The van der Waals surface area contributed by atoms with Gasteiger partial charge < -0.3 is 4.74 Å². The summed E-state index contributed by atoms with van der Waals surface area (Å²) in [4.78, 5) is 13.1. The highest BCUT2D eigenvalue weighted by atomic mass is 32.2. The van der Waals surface area contributed by atoms with E-state index in [4.69, 9.17) is 4.74 Å². The zero-order valence-electron chi connectivity index (χ0n) is 18.4. The molecule has 0 saturated carbocycles. The summed E-state index contributed by atoms with van der Waals surface area (Å²) >= 11 is 0. The number of benzene rings is 2. The molecule has 174 valence electrons. The van der Waals surface area contributed by atoms with Gasteiger partial charge in [0.2, 0.25) is 0 Å². The molecule has 2 aromatic carbocycles. The Morgan fingerprint density at radius 2 is 1.66 bits per heavy atom. The molecule has 1 saturated heterocycles. The van der Waals surface area contributed by atoms with Crippen molar-refractivity contribution in [2.75, 3.05) is 44.1 Å². The highest BCUT2D eigenvalue weighted by Crippen LogP contribution is 2.31. The first-order valence-electron chi connectivity index (χ1n) is 9.91. The first kappa shape index (κ1) is 24.0. The third kappa shape index (κ3) is 4.74. The minimum absolute atomic E-state index is 0.0160. The molecule has 0 N–H and O–H groups in total. The minimum Gasteiger partial charge on any atom is -0.495 e. The summed E-state index contributed by atoms with van der Waals surface area (Å²) in [6, 6.07) is 11.9. The molecule has 1 aliphatic rings. The van der Waals surface area contributed by atoms with Crippen molar-refractivity contribution in [3.63, 3.8) is 0 Å². The van der Waals surface area contributed by atoms with E-state index in [9.17, 15) is 21.6 Å². The standard InChI is InChI=1S/C21H27N3O6S2/c1-22(2)24(17-13-14-31(26,27)15-17)21(25)16-9-11-18(12-10-16)32(28,29)23(3)19-7-5-6-8-20(19)30-4/h5-12,17H,13-15H2,1-4H3/t17-/m0/s1. The number of ether oxygens (including phenoxy) is 1. The Morgan fingerprint density at radius 3 is 2.19 bits per heavy atom. The predicted molar refractivity (Wildman–Crippen MR) is 122 cm³/mol. The molecule has 2 aromatic rings. The Balaban J connectivity index is 1.87. The number of para-hydroxylation sites is 2. The number of methoxy groups -OCH3 is 1. The van der Waals surface area contributed by atoms with Gasteiger partial charge in [-0.15, -0.1) is 0 Å². The van der Waals surface area contributed by atoms with Crippen LogP contribution < -0.4 is 9.04 Å². The van der Waals surface area contributed by atoms with E-state index in [-0.39, 0.29) is 27.9 Å². The highest BCUT2D eigenvalue weighted by Gasteiger charge is 2.36. The largest absolute Gasteiger partial charge is 0.495 e. The molecule has 11 heteroatoms. The van der Waals surface area contributed by atoms with E-state index in [1.54, 1.807) is 43.4 Å². The Morgan fingerprint density at radius 1 is 1.03 bits per heavy atom. The van der Waals surface area contributed by atoms with Crippen LogP contribution in [0, 0.1) is 0 Å². The lowest BCUT2D eigenvalue weighted by Gasteiger charge is -2.33. The smallest absolute Gasteiger partial charge is 0.268 e. The molecule has 9 nitrogen and oxygen atoms in total. The van der Waals surface area contributed by atoms with Crippen LogP contribution in [-0.4, -0.2) is 78.6 Å². The lowest BCUT2D eigenvalue weighted by molar-refractivity contribution is 0.00100. The molecule has 0 radical (unpaired) electrons.